The summed E-state index contributed by atoms with van der Waals surface area (Å²) in [5, 5.41) is 0.931. The molecule has 0 aliphatic carbocycles. The molecule has 15 heavy (non-hydrogen) atoms. The average molecular weight is 336 g/mol. The van der Waals surface area contributed by atoms with Crippen molar-refractivity contribution in [1.82, 2.24) is 0 Å². The van der Waals surface area contributed by atoms with E-state index in [2.05, 4.69) is 31.9 Å². The Kier molecular flexibility index (Phi) is 5.32. The number of hydrogen-bond acceptors (Lipinski definition) is 2. The molecule has 0 spiro atoms. The quantitative estimate of drug-likeness (QED) is 0.621. The molecule has 0 heterocycles. The van der Waals surface area contributed by atoms with E-state index in [-0.39, 0.29) is 5.97 Å². The Hall–Kier alpha value is -0.350. The minimum absolute atomic E-state index is 0.271. The lowest BCUT2D eigenvalue weighted by atomic mass is 10.0. The van der Waals surface area contributed by atoms with Gasteiger partial charge in [-0.3, -0.25) is 0 Å². The number of rotatable bonds is 4. The van der Waals surface area contributed by atoms with Crippen molar-refractivity contribution in [3.05, 3.63) is 33.8 Å². The molecule has 4 heteroatoms. The monoisotopic (exact) mass is 334 g/mol. The van der Waals surface area contributed by atoms with Crippen molar-refractivity contribution >= 4 is 37.8 Å². The van der Waals surface area contributed by atoms with Crippen LogP contribution in [0.2, 0.25) is 0 Å². The number of aryl methyl sites for hydroxylation is 1. The van der Waals surface area contributed by atoms with Gasteiger partial charge in [0.2, 0.25) is 0 Å². The Bertz CT molecular complexity index is 350. The van der Waals surface area contributed by atoms with Crippen LogP contribution in [0, 0.1) is 0 Å². The molecule has 1 aromatic carbocycles. The van der Waals surface area contributed by atoms with Gasteiger partial charge >= 0.3 is 5.97 Å². The first-order valence-electron chi connectivity index (χ1n) is 4.61. The molecule has 0 unspecified atom stereocenters. The van der Waals surface area contributed by atoms with Crippen LogP contribution < -0.4 is 0 Å². The summed E-state index contributed by atoms with van der Waals surface area (Å²) in [6.07, 6.45) is 1.87. The maximum Gasteiger partial charge on any atom is 0.338 e. The number of carbonyl (C=O) groups is 1. The van der Waals surface area contributed by atoms with Gasteiger partial charge in [0, 0.05) is 9.80 Å². The van der Waals surface area contributed by atoms with Crippen molar-refractivity contribution in [3.8, 4) is 0 Å². The highest BCUT2D eigenvalue weighted by Crippen LogP contribution is 2.19. The highest BCUT2D eigenvalue weighted by molar-refractivity contribution is 9.10. The van der Waals surface area contributed by atoms with Gasteiger partial charge in [0.1, 0.15) is 0 Å². The van der Waals surface area contributed by atoms with E-state index in [9.17, 15) is 4.79 Å². The smallest absolute Gasteiger partial charge is 0.338 e. The van der Waals surface area contributed by atoms with E-state index in [1.165, 1.54) is 7.11 Å². The number of methoxy groups -OCH3 is 1. The van der Waals surface area contributed by atoms with Gasteiger partial charge in [-0.1, -0.05) is 31.9 Å². The van der Waals surface area contributed by atoms with Gasteiger partial charge < -0.3 is 4.74 Å². The van der Waals surface area contributed by atoms with Crippen molar-refractivity contribution in [1.29, 1.82) is 0 Å². The zero-order valence-electron chi connectivity index (χ0n) is 8.43. The molecule has 1 rings (SSSR count). The van der Waals surface area contributed by atoms with Crippen LogP contribution in [-0.2, 0) is 11.2 Å². The van der Waals surface area contributed by atoms with E-state index >= 15 is 0 Å². The topological polar surface area (TPSA) is 26.3 Å². The van der Waals surface area contributed by atoms with Gasteiger partial charge in [-0.05, 0) is 36.6 Å². The molecule has 0 amide bonds. The van der Waals surface area contributed by atoms with Gasteiger partial charge in [0.25, 0.3) is 0 Å². The SMILES string of the molecule is COC(=O)c1ccc(Br)cc1CCCBr. The predicted molar refractivity (Wildman–Crippen MR) is 67.6 cm³/mol. The standard InChI is InChI=1S/C11H12Br2O2/c1-15-11(14)10-5-4-9(13)7-8(10)3-2-6-12/h4-5,7H,2-3,6H2,1H3. The van der Waals surface area contributed by atoms with E-state index in [4.69, 9.17) is 4.74 Å². The molecule has 0 atom stereocenters. The number of carbonyl (C=O) groups excluding carboxylic acids is 1. The highest BCUT2D eigenvalue weighted by atomic mass is 79.9. The Morgan fingerprint density at radius 3 is 2.80 bits per heavy atom. The van der Waals surface area contributed by atoms with Crippen LogP contribution in [0.4, 0.5) is 0 Å². The molecular formula is C11H12Br2O2. The molecule has 0 saturated carbocycles. The molecular weight excluding hydrogens is 324 g/mol. The zero-order valence-corrected chi connectivity index (χ0v) is 11.6. The Morgan fingerprint density at radius 2 is 2.20 bits per heavy atom. The number of halogens is 2. The second kappa shape index (κ2) is 6.28. The second-order valence-electron chi connectivity index (χ2n) is 3.09. The lowest BCUT2D eigenvalue weighted by Crippen LogP contribution is -2.06. The molecule has 2 nitrogen and oxygen atoms in total. The Labute approximate surface area is 106 Å². The molecule has 0 saturated heterocycles. The van der Waals surface area contributed by atoms with Gasteiger partial charge in [-0.25, -0.2) is 4.79 Å². The van der Waals surface area contributed by atoms with Crippen LogP contribution in [0.15, 0.2) is 22.7 Å². The summed E-state index contributed by atoms with van der Waals surface area (Å²) in [4.78, 5) is 11.5. The third-order valence-electron chi connectivity index (χ3n) is 2.05. The van der Waals surface area contributed by atoms with Crippen molar-refractivity contribution in [2.45, 2.75) is 12.8 Å². The third kappa shape index (κ3) is 3.61. The summed E-state index contributed by atoms with van der Waals surface area (Å²) >= 11 is 6.77. The van der Waals surface area contributed by atoms with E-state index in [0.29, 0.717) is 5.56 Å². The van der Waals surface area contributed by atoms with Gasteiger partial charge in [-0.2, -0.15) is 0 Å². The highest BCUT2D eigenvalue weighted by Gasteiger charge is 2.11. The lowest BCUT2D eigenvalue weighted by Gasteiger charge is -2.07. The molecule has 0 aromatic heterocycles. The van der Waals surface area contributed by atoms with Gasteiger partial charge in [0.15, 0.2) is 0 Å². The number of ether oxygens (including phenoxy) is 1. The van der Waals surface area contributed by atoms with Crippen LogP contribution in [0.3, 0.4) is 0 Å². The van der Waals surface area contributed by atoms with Crippen molar-refractivity contribution < 1.29 is 9.53 Å². The third-order valence-corrected chi connectivity index (χ3v) is 3.11. The summed E-state index contributed by atoms with van der Waals surface area (Å²) in [6, 6.07) is 5.61. The van der Waals surface area contributed by atoms with E-state index in [1.54, 1.807) is 6.07 Å². The zero-order chi connectivity index (χ0) is 11.3. The van der Waals surface area contributed by atoms with E-state index in [1.807, 2.05) is 12.1 Å². The molecule has 0 N–H and O–H groups in total. The second-order valence-corrected chi connectivity index (χ2v) is 4.79. The summed E-state index contributed by atoms with van der Waals surface area (Å²) in [5.74, 6) is -0.271. The van der Waals surface area contributed by atoms with Crippen molar-refractivity contribution in [2.24, 2.45) is 0 Å². The fraction of sp³-hybridized carbons (Fsp3) is 0.364. The van der Waals surface area contributed by atoms with Crippen molar-refractivity contribution in [3.63, 3.8) is 0 Å². The molecule has 0 radical (unpaired) electrons. The van der Waals surface area contributed by atoms with Crippen LogP contribution in [0.1, 0.15) is 22.3 Å². The van der Waals surface area contributed by atoms with Crippen LogP contribution in [0.25, 0.3) is 0 Å². The van der Waals surface area contributed by atoms with Gasteiger partial charge in [0.05, 0.1) is 12.7 Å². The minimum Gasteiger partial charge on any atom is -0.465 e. The summed E-state index contributed by atoms with van der Waals surface area (Å²) in [6.45, 7) is 0. The fourth-order valence-electron chi connectivity index (χ4n) is 1.34. The maximum atomic E-state index is 11.5. The first-order valence-corrected chi connectivity index (χ1v) is 6.53. The van der Waals surface area contributed by atoms with E-state index < -0.39 is 0 Å². The Balaban J connectivity index is 2.97. The first-order chi connectivity index (χ1) is 7.19. The fourth-order valence-corrected chi connectivity index (χ4v) is 2.02. The van der Waals surface area contributed by atoms with E-state index in [0.717, 1.165) is 28.2 Å². The van der Waals surface area contributed by atoms with Gasteiger partial charge in [-0.15, -0.1) is 0 Å². The first kappa shape index (κ1) is 12.7. The minimum atomic E-state index is -0.271. The number of benzene rings is 1. The van der Waals surface area contributed by atoms with Crippen LogP contribution >= 0.6 is 31.9 Å². The van der Waals surface area contributed by atoms with Crippen LogP contribution in [-0.4, -0.2) is 18.4 Å². The summed E-state index contributed by atoms with van der Waals surface area (Å²) < 4.78 is 5.72. The predicted octanol–water partition coefficient (Wildman–Crippen LogP) is 3.56. The molecule has 1 aromatic rings. The molecule has 0 fully saturated rings. The summed E-state index contributed by atoms with van der Waals surface area (Å²) in [5.41, 5.74) is 1.68. The number of esters is 1. The Morgan fingerprint density at radius 1 is 1.47 bits per heavy atom. The lowest BCUT2D eigenvalue weighted by molar-refractivity contribution is 0.0599. The number of hydrogen-bond donors (Lipinski definition) is 0. The summed E-state index contributed by atoms with van der Waals surface area (Å²) in [7, 11) is 1.40. The van der Waals surface area contributed by atoms with Crippen molar-refractivity contribution in [2.75, 3.05) is 12.4 Å². The molecule has 0 aliphatic rings. The average Bonchev–Trinajstić information content (AvgIpc) is 2.25. The number of alkyl halides is 1. The maximum absolute atomic E-state index is 11.5. The largest absolute Gasteiger partial charge is 0.465 e. The molecule has 0 aliphatic heterocycles. The normalized spacial score (nSPS) is 10.1. The molecule has 0 bridgehead atoms. The molecule has 82 valence electrons. The van der Waals surface area contributed by atoms with Crippen LogP contribution in [0.5, 0.6) is 0 Å².